The van der Waals surface area contributed by atoms with Gasteiger partial charge in [0.05, 0.1) is 18.1 Å². The van der Waals surface area contributed by atoms with Gasteiger partial charge in [-0.2, -0.15) is 4.31 Å². The van der Waals surface area contributed by atoms with E-state index >= 15 is 0 Å². The summed E-state index contributed by atoms with van der Waals surface area (Å²) in [5.41, 5.74) is 4.92. The van der Waals surface area contributed by atoms with Crippen molar-refractivity contribution in [3.05, 3.63) is 89.5 Å². The van der Waals surface area contributed by atoms with Gasteiger partial charge in [-0.3, -0.25) is 0 Å². The van der Waals surface area contributed by atoms with Crippen LogP contribution in [0.25, 0.3) is 17.2 Å². The fourth-order valence-electron chi connectivity index (χ4n) is 3.68. The number of ether oxygens (including phenoxy) is 2. The number of hydrogen-bond donors (Lipinski definition) is 0. The van der Waals surface area contributed by atoms with Gasteiger partial charge in [-0.15, -0.1) is 0 Å². The minimum absolute atomic E-state index is 0.221. The number of morpholine rings is 1. The fraction of sp³-hybridized carbons (Fsp3) is 0.222. The van der Waals surface area contributed by atoms with Crippen molar-refractivity contribution in [3.63, 3.8) is 0 Å². The molecule has 3 aromatic rings. The molecule has 6 nitrogen and oxygen atoms in total. The van der Waals surface area contributed by atoms with Crippen LogP contribution in [0.4, 0.5) is 0 Å². The Morgan fingerprint density at radius 1 is 0.912 bits per heavy atom. The summed E-state index contributed by atoms with van der Waals surface area (Å²) < 4.78 is 37.6. The van der Waals surface area contributed by atoms with Crippen molar-refractivity contribution in [1.82, 2.24) is 4.31 Å². The maximum absolute atomic E-state index is 12.7. The molecule has 0 aromatic heterocycles. The summed E-state index contributed by atoms with van der Waals surface area (Å²) in [6.07, 6.45) is 2.93. The zero-order valence-corrected chi connectivity index (χ0v) is 20.0. The van der Waals surface area contributed by atoms with Crippen LogP contribution in [0.1, 0.15) is 16.7 Å². The molecular weight excluding hydrogens is 450 g/mol. The average Bonchev–Trinajstić information content (AvgIpc) is 2.85. The van der Waals surface area contributed by atoms with Gasteiger partial charge in [0.2, 0.25) is 10.0 Å². The number of carbonyl (C=O) groups excluding carboxylic acids is 1. The van der Waals surface area contributed by atoms with E-state index in [0.717, 1.165) is 16.7 Å². The van der Waals surface area contributed by atoms with Gasteiger partial charge in [0.1, 0.15) is 5.75 Å². The predicted molar refractivity (Wildman–Crippen MR) is 132 cm³/mol. The molecule has 34 heavy (non-hydrogen) atoms. The molecule has 1 aliphatic heterocycles. The molecule has 1 heterocycles. The van der Waals surface area contributed by atoms with Gasteiger partial charge in [-0.25, -0.2) is 13.2 Å². The van der Waals surface area contributed by atoms with Crippen LogP contribution in [0.15, 0.2) is 77.7 Å². The van der Waals surface area contributed by atoms with Crippen molar-refractivity contribution in [3.8, 4) is 16.9 Å². The smallest absolute Gasteiger partial charge is 0.336 e. The lowest BCUT2D eigenvalue weighted by atomic mass is 10.0. The second-order valence-corrected chi connectivity index (χ2v) is 10.1. The van der Waals surface area contributed by atoms with E-state index in [1.807, 2.05) is 26.0 Å². The molecule has 1 saturated heterocycles. The van der Waals surface area contributed by atoms with Crippen molar-refractivity contribution in [2.24, 2.45) is 0 Å². The minimum atomic E-state index is -3.54. The summed E-state index contributed by atoms with van der Waals surface area (Å²) in [5, 5.41) is 0. The van der Waals surface area contributed by atoms with Crippen LogP contribution in [0.2, 0.25) is 0 Å². The number of aryl methyl sites for hydroxylation is 2. The molecule has 1 fully saturated rings. The summed E-state index contributed by atoms with van der Waals surface area (Å²) >= 11 is 0. The first-order valence-electron chi connectivity index (χ1n) is 11.1. The molecule has 0 unspecified atom stereocenters. The maximum Gasteiger partial charge on any atom is 0.336 e. The van der Waals surface area contributed by atoms with E-state index in [4.69, 9.17) is 9.47 Å². The molecule has 0 N–H and O–H groups in total. The summed E-state index contributed by atoms with van der Waals surface area (Å²) in [7, 11) is -3.54. The highest BCUT2D eigenvalue weighted by Crippen LogP contribution is 2.27. The molecular formula is C27H27NO5S. The second-order valence-electron chi connectivity index (χ2n) is 8.19. The lowest BCUT2D eigenvalue weighted by Crippen LogP contribution is -2.40. The van der Waals surface area contributed by atoms with Crippen LogP contribution in [-0.4, -0.2) is 45.0 Å². The van der Waals surface area contributed by atoms with Crippen molar-refractivity contribution in [2.75, 3.05) is 26.3 Å². The molecule has 0 atom stereocenters. The van der Waals surface area contributed by atoms with Crippen LogP contribution in [0.3, 0.4) is 0 Å². The van der Waals surface area contributed by atoms with Gasteiger partial charge in [0, 0.05) is 19.2 Å². The summed E-state index contributed by atoms with van der Waals surface area (Å²) in [6, 6.07) is 20.4. The first-order valence-corrected chi connectivity index (χ1v) is 12.5. The van der Waals surface area contributed by atoms with Crippen molar-refractivity contribution < 1.29 is 22.7 Å². The van der Waals surface area contributed by atoms with Gasteiger partial charge in [0.15, 0.2) is 0 Å². The molecule has 3 aromatic carbocycles. The lowest BCUT2D eigenvalue weighted by Gasteiger charge is -2.26. The van der Waals surface area contributed by atoms with Crippen LogP contribution < -0.4 is 4.74 Å². The molecule has 0 bridgehead atoms. The molecule has 176 valence electrons. The van der Waals surface area contributed by atoms with E-state index in [9.17, 15) is 13.2 Å². The molecule has 0 saturated carbocycles. The Balaban J connectivity index is 1.39. The number of hydrogen-bond acceptors (Lipinski definition) is 5. The topological polar surface area (TPSA) is 72.9 Å². The quantitative estimate of drug-likeness (QED) is 0.295. The highest BCUT2D eigenvalue weighted by molar-refractivity contribution is 7.89. The van der Waals surface area contributed by atoms with E-state index in [1.165, 1.54) is 15.9 Å². The van der Waals surface area contributed by atoms with Crippen molar-refractivity contribution in [2.45, 2.75) is 18.7 Å². The average molecular weight is 478 g/mol. The summed E-state index contributed by atoms with van der Waals surface area (Å²) in [4.78, 5) is 12.6. The second kappa shape index (κ2) is 10.3. The standard InChI is InChI=1S/C27H27NO5S/c1-20-3-8-23(9-4-20)24-10-13-26(21(2)19-24)33-27(29)14-7-22-5-11-25(12-6-22)34(30,31)28-15-17-32-18-16-28/h3-14,19H,15-18H2,1-2H3. The monoisotopic (exact) mass is 477 g/mol. The largest absolute Gasteiger partial charge is 0.423 e. The highest BCUT2D eigenvalue weighted by Gasteiger charge is 2.25. The van der Waals surface area contributed by atoms with Gasteiger partial charge < -0.3 is 9.47 Å². The van der Waals surface area contributed by atoms with Crippen molar-refractivity contribution in [1.29, 1.82) is 0 Å². The van der Waals surface area contributed by atoms with Gasteiger partial charge in [-0.05, 0) is 66.4 Å². The Labute approximate surface area is 200 Å². The Bertz CT molecular complexity index is 1290. The summed E-state index contributed by atoms with van der Waals surface area (Å²) in [5.74, 6) is -0.00587. The predicted octanol–water partition coefficient (Wildman–Crippen LogP) is 4.61. The van der Waals surface area contributed by atoms with Crippen LogP contribution in [0.5, 0.6) is 5.75 Å². The molecule has 1 aliphatic rings. The Morgan fingerprint density at radius 3 is 2.21 bits per heavy atom. The molecule has 0 spiro atoms. The number of rotatable bonds is 6. The maximum atomic E-state index is 12.7. The third kappa shape index (κ3) is 5.62. The lowest BCUT2D eigenvalue weighted by molar-refractivity contribution is -0.128. The first-order chi connectivity index (χ1) is 16.3. The molecule has 7 heteroatoms. The Hall–Kier alpha value is -3.26. The number of nitrogens with zero attached hydrogens (tertiary/aromatic N) is 1. The molecule has 0 aliphatic carbocycles. The molecule has 0 radical (unpaired) electrons. The zero-order chi connectivity index (χ0) is 24.1. The normalized spacial score (nSPS) is 14.9. The number of esters is 1. The first kappa shape index (κ1) is 23.9. The van der Waals surface area contributed by atoms with E-state index in [1.54, 1.807) is 36.4 Å². The number of carbonyl (C=O) groups is 1. The van der Waals surface area contributed by atoms with Gasteiger partial charge >= 0.3 is 5.97 Å². The highest BCUT2D eigenvalue weighted by atomic mass is 32.2. The minimum Gasteiger partial charge on any atom is -0.423 e. The zero-order valence-electron chi connectivity index (χ0n) is 19.2. The number of benzene rings is 3. The van der Waals surface area contributed by atoms with Crippen molar-refractivity contribution >= 4 is 22.1 Å². The van der Waals surface area contributed by atoms with E-state index in [-0.39, 0.29) is 4.90 Å². The van der Waals surface area contributed by atoms with E-state index < -0.39 is 16.0 Å². The fourth-order valence-corrected chi connectivity index (χ4v) is 5.09. The summed E-state index contributed by atoms with van der Waals surface area (Å²) in [6.45, 7) is 5.44. The van der Waals surface area contributed by atoms with E-state index in [0.29, 0.717) is 37.6 Å². The van der Waals surface area contributed by atoms with E-state index in [2.05, 4.69) is 24.3 Å². The van der Waals surface area contributed by atoms with Gasteiger partial charge in [-0.1, -0.05) is 48.0 Å². The van der Waals surface area contributed by atoms with Crippen LogP contribution >= 0.6 is 0 Å². The van der Waals surface area contributed by atoms with Crippen LogP contribution in [-0.2, 0) is 19.6 Å². The molecule has 4 rings (SSSR count). The third-order valence-corrected chi connectivity index (χ3v) is 7.58. The Morgan fingerprint density at radius 2 is 1.56 bits per heavy atom. The SMILES string of the molecule is Cc1ccc(-c2ccc(OC(=O)C=Cc3ccc(S(=O)(=O)N4CCOCC4)cc3)c(C)c2)cc1. The van der Waals surface area contributed by atoms with Gasteiger partial charge in [0.25, 0.3) is 0 Å². The molecule has 0 amide bonds. The third-order valence-electron chi connectivity index (χ3n) is 5.67. The van der Waals surface area contributed by atoms with Crippen LogP contribution in [0, 0.1) is 13.8 Å². The Kier molecular flexibility index (Phi) is 7.26. The number of sulfonamides is 1.